The molecule has 4 heteroatoms. The first-order chi connectivity index (χ1) is 26.3. The molecule has 0 N–H and O–H groups in total. The fourth-order valence-corrected chi connectivity index (χ4v) is 8.94. The van der Waals surface area contributed by atoms with E-state index in [4.69, 9.17) is 4.42 Å². The van der Waals surface area contributed by atoms with Gasteiger partial charge >= 0.3 is 6.85 Å². The fraction of sp³-hybridized carbons (Fsp3) is 0.308. The molecule has 1 aromatic heterocycles. The van der Waals surface area contributed by atoms with E-state index in [9.17, 15) is 0 Å². The van der Waals surface area contributed by atoms with Crippen molar-refractivity contribution >= 4 is 68.1 Å². The zero-order valence-electron chi connectivity index (χ0n) is 35.3. The molecule has 0 radical (unpaired) electrons. The number of hydrogen-bond acceptors (Lipinski definition) is 3. The molecule has 0 fully saturated rings. The molecule has 0 bridgehead atoms. The van der Waals surface area contributed by atoms with Gasteiger partial charge in [0.05, 0.1) is 0 Å². The molecule has 3 nitrogen and oxygen atoms in total. The van der Waals surface area contributed by atoms with E-state index in [1.54, 1.807) is 0 Å². The Morgan fingerprint density at radius 1 is 0.464 bits per heavy atom. The number of furan rings is 1. The van der Waals surface area contributed by atoms with Crippen molar-refractivity contribution in [3.63, 3.8) is 0 Å². The largest absolute Gasteiger partial charge is 0.455 e. The molecule has 2 aliphatic rings. The van der Waals surface area contributed by atoms with Gasteiger partial charge in [-0.15, -0.1) is 0 Å². The number of anilines is 5. The van der Waals surface area contributed by atoms with E-state index in [0.29, 0.717) is 0 Å². The minimum atomic E-state index is -0.103. The molecular weight excluding hydrogens is 679 g/mol. The van der Waals surface area contributed by atoms with Crippen LogP contribution >= 0.6 is 0 Å². The van der Waals surface area contributed by atoms with E-state index >= 15 is 0 Å². The zero-order chi connectivity index (χ0) is 39.7. The third-order valence-electron chi connectivity index (χ3n) is 12.3. The molecular formula is C52H55BN2O. The predicted molar refractivity (Wildman–Crippen MR) is 242 cm³/mol. The Morgan fingerprint density at radius 3 is 1.57 bits per heavy atom. The summed E-state index contributed by atoms with van der Waals surface area (Å²) in [4.78, 5) is 5.16. The fourth-order valence-electron chi connectivity index (χ4n) is 8.94. The normalized spacial score (nSPS) is 14.3. The molecule has 3 heterocycles. The summed E-state index contributed by atoms with van der Waals surface area (Å²) in [5.74, 6) is 0. The highest BCUT2D eigenvalue weighted by Crippen LogP contribution is 2.51. The van der Waals surface area contributed by atoms with Crippen molar-refractivity contribution in [3.8, 4) is 11.1 Å². The van der Waals surface area contributed by atoms with Crippen molar-refractivity contribution in [2.75, 3.05) is 9.71 Å². The monoisotopic (exact) mass is 734 g/mol. The van der Waals surface area contributed by atoms with Crippen LogP contribution in [0.25, 0.3) is 33.1 Å². The molecule has 0 saturated heterocycles. The number of fused-ring (bicyclic) bond motifs is 8. The summed E-state index contributed by atoms with van der Waals surface area (Å²) in [5, 5.41) is 2.29. The van der Waals surface area contributed by atoms with Gasteiger partial charge in [-0.25, -0.2) is 0 Å². The summed E-state index contributed by atoms with van der Waals surface area (Å²) in [6.07, 6.45) is 0. The molecule has 56 heavy (non-hydrogen) atoms. The lowest BCUT2D eigenvalue weighted by molar-refractivity contribution is 0.590. The van der Waals surface area contributed by atoms with Crippen LogP contribution in [0.4, 0.5) is 28.4 Å². The summed E-state index contributed by atoms with van der Waals surface area (Å²) in [5.41, 5.74) is 18.1. The Kier molecular flexibility index (Phi) is 7.90. The van der Waals surface area contributed by atoms with Crippen LogP contribution in [-0.4, -0.2) is 6.85 Å². The second-order valence-corrected chi connectivity index (χ2v) is 20.4. The molecule has 282 valence electrons. The maximum Gasteiger partial charge on any atom is 0.333 e. The first kappa shape index (κ1) is 36.4. The molecule has 6 aromatic carbocycles. The van der Waals surface area contributed by atoms with Gasteiger partial charge in [-0.3, -0.25) is 0 Å². The second kappa shape index (κ2) is 12.1. The number of benzene rings is 6. The van der Waals surface area contributed by atoms with Crippen LogP contribution in [0.1, 0.15) is 105 Å². The molecule has 7 aromatic rings. The number of para-hydroxylation sites is 1. The van der Waals surface area contributed by atoms with Gasteiger partial charge in [0.25, 0.3) is 0 Å². The van der Waals surface area contributed by atoms with E-state index in [2.05, 4.69) is 208 Å². The standard InChI is InChI=1S/C52H55BN2O/c1-49(2,3)32-17-23-36(24-18-32)54-43-28-22-35(52(10,11)12)30-41(43)53-47-44(54)31-39-38-15-13-14-16-45(38)56-48(39)46(47)40-29-34(51(7,8)9)21-27-42(40)55(53)37-25-19-33(20-26-37)50(4,5)6/h13-31H,1-12H3. The smallest absolute Gasteiger partial charge is 0.333 e. The summed E-state index contributed by atoms with van der Waals surface area (Å²) < 4.78 is 7.02. The lowest BCUT2D eigenvalue weighted by Gasteiger charge is -2.46. The third kappa shape index (κ3) is 5.70. The summed E-state index contributed by atoms with van der Waals surface area (Å²) in [7, 11) is 0. The summed E-state index contributed by atoms with van der Waals surface area (Å²) >= 11 is 0. The van der Waals surface area contributed by atoms with Gasteiger partial charge in [0.2, 0.25) is 0 Å². The Morgan fingerprint density at radius 2 is 0.982 bits per heavy atom. The van der Waals surface area contributed by atoms with E-state index in [-0.39, 0.29) is 28.5 Å². The van der Waals surface area contributed by atoms with Gasteiger partial charge in [0.1, 0.15) is 11.2 Å². The average molecular weight is 735 g/mol. The maximum atomic E-state index is 7.02. The minimum Gasteiger partial charge on any atom is -0.455 e. The van der Waals surface area contributed by atoms with Gasteiger partial charge in [-0.1, -0.05) is 144 Å². The molecule has 9 rings (SSSR count). The highest BCUT2D eigenvalue weighted by molar-refractivity contribution is 6.94. The van der Waals surface area contributed by atoms with Gasteiger partial charge < -0.3 is 14.1 Å². The van der Waals surface area contributed by atoms with Gasteiger partial charge in [0.15, 0.2) is 0 Å². The molecule has 2 aliphatic heterocycles. The first-order valence-electron chi connectivity index (χ1n) is 20.4. The van der Waals surface area contributed by atoms with Crippen LogP contribution in [0.2, 0.25) is 0 Å². The van der Waals surface area contributed by atoms with Crippen LogP contribution in [0.3, 0.4) is 0 Å². The molecule has 0 aliphatic carbocycles. The summed E-state index contributed by atoms with van der Waals surface area (Å²) in [6, 6.07) is 44.0. The molecule has 0 atom stereocenters. The van der Waals surface area contributed by atoms with Crippen LogP contribution in [0.5, 0.6) is 0 Å². The zero-order valence-corrected chi connectivity index (χ0v) is 35.3. The lowest BCUT2D eigenvalue weighted by atomic mass is 9.43. The Hall–Kier alpha value is -5.22. The maximum absolute atomic E-state index is 7.02. The number of nitrogens with zero attached hydrogens (tertiary/aromatic N) is 2. The highest BCUT2D eigenvalue weighted by Gasteiger charge is 2.47. The second-order valence-electron chi connectivity index (χ2n) is 20.4. The van der Waals surface area contributed by atoms with Crippen LogP contribution in [-0.2, 0) is 21.7 Å². The molecule has 0 amide bonds. The van der Waals surface area contributed by atoms with Crippen molar-refractivity contribution in [1.82, 2.24) is 0 Å². The van der Waals surface area contributed by atoms with Gasteiger partial charge in [-0.05, 0) is 109 Å². The van der Waals surface area contributed by atoms with Crippen LogP contribution in [0.15, 0.2) is 120 Å². The van der Waals surface area contributed by atoms with Crippen molar-refractivity contribution in [1.29, 1.82) is 0 Å². The average Bonchev–Trinajstić information content (AvgIpc) is 3.51. The molecule has 0 saturated carbocycles. The van der Waals surface area contributed by atoms with E-state index in [0.717, 1.165) is 27.6 Å². The van der Waals surface area contributed by atoms with Gasteiger partial charge in [-0.2, -0.15) is 0 Å². The van der Waals surface area contributed by atoms with Crippen molar-refractivity contribution in [2.45, 2.75) is 105 Å². The van der Waals surface area contributed by atoms with Gasteiger partial charge in [0, 0.05) is 50.3 Å². The topological polar surface area (TPSA) is 19.6 Å². The quantitative estimate of drug-likeness (QED) is 0.165. The SMILES string of the molecule is CC(C)(C)c1ccc(N2B3c4cc(C(C)(C)C)ccc4N(c4ccc(C(C)(C)C)cc4)c4cc5c(oc6ccccc65)c(c43)-c3cc(C(C)(C)C)ccc32)cc1. The van der Waals surface area contributed by atoms with Crippen molar-refractivity contribution in [3.05, 3.63) is 138 Å². The van der Waals surface area contributed by atoms with E-state index in [1.807, 2.05) is 0 Å². The molecule has 0 unspecified atom stereocenters. The first-order valence-corrected chi connectivity index (χ1v) is 20.4. The molecule has 0 spiro atoms. The Balaban J connectivity index is 1.45. The van der Waals surface area contributed by atoms with Crippen LogP contribution < -0.4 is 20.6 Å². The lowest BCUT2D eigenvalue weighted by Crippen LogP contribution is -2.61. The Labute approximate surface area is 334 Å². The highest BCUT2D eigenvalue weighted by atomic mass is 16.3. The number of hydrogen-bond donors (Lipinski definition) is 0. The van der Waals surface area contributed by atoms with E-state index < -0.39 is 0 Å². The van der Waals surface area contributed by atoms with Crippen molar-refractivity contribution < 1.29 is 4.42 Å². The number of rotatable bonds is 2. The predicted octanol–water partition coefficient (Wildman–Crippen LogP) is 13.5. The Bertz CT molecular complexity index is 2670. The van der Waals surface area contributed by atoms with E-state index in [1.165, 1.54) is 67.1 Å². The minimum absolute atomic E-state index is 0.0343. The third-order valence-corrected chi connectivity index (χ3v) is 12.3. The summed E-state index contributed by atoms with van der Waals surface area (Å²) in [6.45, 7) is 27.6. The van der Waals surface area contributed by atoms with Crippen molar-refractivity contribution in [2.24, 2.45) is 0 Å². The van der Waals surface area contributed by atoms with Crippen LogP contribution in [0, 0.1) is 0 Å².